The molecule has 3 aromatic rings. The Morgan fingerprint density at radius 3 is 2.62 bits per heavy atom. The van der Waals surface area contributed by atoms with Gasteiger partial charge in [0.25, 0.3) is 0 Å². The van der Waals surface area contributed by atoms with Crippen LogP contribution in [0.5, 0.6) is 0 Å². The summed E-state index contributed by atoms with van der Waals surface area (Å²) in [5, 5.41) is 8.16. The number of halogens is 2. The molecule has 0 bridgehead atoms. The average Bonchev–Trinajstić information content (AvgIpc) is 2.96. The molecule has 0 aliphatic rings. The first-order chi connectivity index (χ1) is 10.2. The van der Waals surface area contributed by atoms with E-state index < -0.39 is 0 Å². The normalized spacial score (nSPS) is 10.8. The molecule has 2 aromatic carbocycles. The van der Waals surface area contributed by atoms with E-state index in [9.17, 15) is 4.39 Å². The molecule has 0 spiro atoms. The quantitative estimate of drug-likeness (QED) is 0.717. The molecule has 0 fully saturated rings. The van der Waals surface area contributed by atoms with Crippen LogP contribution >= 0.6 is 23.4 Å². The number of benzene rings is 2. The predicted octanol–water partition coefficient (Wildman–Crippen LogP) is 4.56. The van der Waals surface area contributed by atoms with Gasteiger partial charge in [-0.05, 0) is 29.8 Å². The number of hydrogen-bond acceptors (Lipinski definition) is 3. The van der Waals surface area contributed by atoms with Crippen LogP contribution in [-0.4, -0.2) is 15.2 Å². The molecule has 0 atom stereocenters. The second-order valence-corrected chi connectivity index (χ2v) is 5.74. The van der Waals surface area contributed by atoms with Crippen LogP contribution in [0.15, 0.2) is 53.7 Å². The maximum atomic E-state index is 13.7. The van der Waals surface area contributed by atoms with Gasteiger partial charge < -0.3 is 0 Å². The summed E-state index contributed by atoms with van der Waals surface area (Å²) in [6.45, 7) is 0. The maximum Gasteiger partial charge on any atom is 0.209 e. The highest BCUT2D eigenvalue weighted by atomic mass is 35.5. The van der Waals surface area contributed by atoms with E-state index in [4.69, 9.17) is 11.6 Å². The summed E-state index contributed by atoms with van der Waals surface area (Å²) in [6.07, 6.45) is 0. The molecule has 0 saturated heterocycles. The van der Waals surface area contributed by atoms with Crippen LogP contribution in [0.25, 0.3) is 11.4 Å². The molecule has 0 aliphatic carbocycles. The largest absolute Gasteiger partial charge is 0.258 e. The Hall–Kier alpha value is -1.85. The molecule has 6 heteroatoms. The first-order valence-corrected chi connectivity index (χ1v) is 7.63. The Labute approximate surface area is 130 Å². The second-order valence-electron chi connectivity index (χ2n) is 4.36. The molecule has 106 valence electrons. The van der Waals surface area contributed by atoms with Gasteiger partial charge in [-0.15, -0.1) is 5.10 Å². The number of nitrogens with zero attached hydrogens (tertiary/aromatic N) is 2. The summed E-state index contributed by atoms with van der Waals surface area (Å²) >= 11 is 7.32. The monoisotopic (exact) mass is 319 g/mol. The molecular weight excluding hydrogens is 309 g/mol. The molecule has 1 N–H and O–H groups in total. The molecule has 0 radical (unpaired) electrons. The van der Waals surface area contributed by atoms with Crippen molar-refractivity contribution in [3.05, 3.63) is 64.9 Å². The lowest BCUT2D eigenvalue weighted by molar-refractivity contribution is 0.630. The number of rotatable bonds is 4. The van der Waals surface area contributed by atoms with Gasteiger partial charge in [-0.2, -0.15) is 0 Å². The molecule has 1 aromatic heterocycles. The van der Waals surface area contributed by atoms with Gasteiger partial charge in [0.2, 0.25) is 5.16 Å². The summed E-state index contributed by atoms with van der Waals surface area (Å²) in [4.78, 5) is 4.30. The zero-order valence-electron chi connectivity index (χ0n) is 10.9. The Kier molecular flexibility index (Phi) is 4.22. The van der Waals surface area contributed by atoms with E-state index in [1.54, 1.807) is 18.2 Å². The van der Waals surface area contributed by atoms with Crippen molar-refractivity contribution in [2.45, 2.75) is 10.9 Å². The standard InChI is InChI=1S/C15H11ClFN3S/c16-11-7-5-10(6-8-11)9-21-15-18-14(19-20-15)12-3-1-2-4-13(12)17/h1-8H,9H2,(H,18,19,20). The van der Waals surface area contributed by atoms with Gasteiger partial charge in [-0.25, -0.2) is 9.37 Å². The molecule has 0 aliphatic heterocycles. The topological polar surface area (TPSA) is 41.6 Å². The maximum absolute atomic E-state index is 13.7. The lowest BCUT2D eigenvalue weighted by atomic mass is 10.2. The van der Waals surface area contributed by atoms with E-state index >= 15 is 0 Å². The highest BCUT2D eigenvalue weighted by molar-refractivity contribution is 7.98. The highest BCUT2D eigenvalue weighted by Gasteiger charge is 2.10. The van der Waals surface area contributed by atoms with Crippen molar-refractivity contribution >= 4 is 23.4 Å². The SMILES string of the molecule is Fc1ccccc1-c1nc(SCc2ccc(Cl)cc2)n[nH]1. The number of aromatic amines is 1. The third-order valence-corrected chi connectivity index (χ3v) is 4.05. The van der Waals surface area contributed by atoms with Crippen LogP contribution in [0.2, 0.25) is 5.02 Å². The Bertz CT molecular complexity index is 743. The van der Waals surface area contributed by atoms with Crippen molar-refractivity contribution < 1.29 is 4.39 Å². The fourth-order valence-corrected chi connectivity index (χ4v) is 2.69. The first-order valence-electron chi connectivity index (χ1n) is 6.27. The van der Waals surface area contributed by atoms with E-state index in [1.807, 2.05) is 24.3 Å². The van der Waals surface area contributed by atoms with Crippen molar-refractivity contribution in [1.82, 2.24) is 15.2 Å². The van der Waals surface area contributed by atoms with Crippen LogP contribution in [0.3, 0.4) is 0 Å². The van der Waals surface area contributed by atoms with Crippen molar-refractivity contribution in [2.75, 3.05) is 0 Å². The van der Waals surface area contributed by atoms with Crippen LogP contribution < -0.4 is 0 Å². The van der Waals surface area contributed by atoms with Crippen LogP contribution in [0.1, 0.15) is 5.56 Å². The Morgan fingerprint density at radius 2 is 1.86 bits per heavy atom. The minimum absolute atomic E-state index is 0.317. The van der Waals surface area contributed by atoms with Gasteiger partial charge in [0.05, 0.1) is 5.56 Å². The van der Waals surface area contributed by atoms with Crippen LogP contribution in [-0.2, 0) is 5.75 Å². The zero-order chi connectivity index (χ0) is 14.7. The lowest BCUT2D eigenvalue weighted by Gasteiger charge is -1.98. The second kappa shape index (κ2) is 6.28. The van der Waals surface area contributed by atoms with Gasteiger partial charge in [-0.3, -0.25) is 5.10 Å². The third kappa shape index (κ3) is 3.43. The molecule has 0 unspecified atom stereocenters. The number of thioether (sulfide) groups is 1. The summed E-state index contributed by atoms with van der Waals surface area (Å²) in [5.41, 5.74) is 1.55. The van der Waals surface area contributed by atoms with Crippen molar-refractivity contribution in [2.24, 2.45) is 0 Å². The molecule has 0 saturated carbocycles. The van der Waals surface area contributed by atoms with Crippen molar-refractivity contribution in [3.8, 4) is 11.4 Å². The van der Waals surface area contributed by atoms with E-state index in [0.717, 1.165) is 11.3 Å². The van der Waals surface area contributed by atoms with Gasteiger partial charge in [0.1, 0.15) is 5.82 Å². The van der Waals surface area contributed by atoms with Gasteiger partial charge in [-0.1, -0.05) is 47.6 Å². The first kappa shape index (κ1) is 14.1. The number of hydrogen-bond donors (Lipinski definition) is 1. The smallest absolute Gasteiger partial charge is 0.209 e. The number of aromatic nitrogens is 3. The summed E-state index contributed by atoms with van der Waals surface area (Å²) < 4.78 is 13.7. The van der Waals surface area contributed by atoms with E-state index in [1.165, 1.54) is 17.8 Å². The lowest BCUT2D eigenvalue weighted by Crippen LogP contribution is -1.85. The third-order valence-electron chi connectivity index (χ3n) is 2.88. The fraction of sp³-hybridized carbons (Fsp3) is 0.0667. The van der Waals surface area contributed by atoms with Gasteiger partial charge >= 0.3 is 0 Å². The molecule has 3 rings (SSSR count). The van der Waals surface area contributed by atoms with Gasteiger partial charge in [0.15, 0.2) is 5.82 Å². The highest BCUT2D eigenvalue weighted by Crippen LogP contribution is 2.24. The average molecular weight is 320 g/mol. The minimum Gasteiger partial charge on any atom is -0.258 e. The minimum atomic E-state index is -0.317. The van der Waals surface area contributed by atoms with Crippen molar-refractivity contribution in [1.29, 1.82) is 0 Å². The van der Waals surface area contributed by atoms with Gasteiger partial charge in [0, 0.05) is 10.8 Å². The Balaban J connectivity index is 1.71. The number of nitrogens with one attached hydrogen (secondary N) is 1. The summed E-state index contributed by atoms with van der Waals surface area (Å²) in [7, 11) is 0. The van der Waals surface area contributed by atoms with E-state index in [-0.39, 0.29) is 5.82 Å². The van der Waals surface area contributed by atoms with E-state index in [0.29, 0.717) is 21.6 Å². The summed E-state index contributed by atoms with van der Waals surface area (Å²) in [6, 6.07) is 14.1. The molecule has 21 heavy (non-hydrogen) atoms. The molecular formula is C15H11ClFN3S. The molecule has 1 heterocycles. The number of H-pyrrole nitrogens is 1. The van der Waals surface area contributed by atoms with Crippen molar-refractivity contribution in [3.63, 3.8) is 0 Å². The zero-order valence-corrected chi connectivity index (χ0v) is 12.5. The summed E-state index contributed by atoms with van der Waals surface area (Å²) in [5.74, 6) is 0.848. The van der Waals surface area contributed by atoms with Crippen LogP contribution in [0, 0.1) is 5.82 Å². The molecule has 3 nitrogen and oxygen atoms in total. The Morgan fingerprint density at radius 1 is 1.10 bits per heavy atom. The molecule has 0 amide bonds. The fourth-order valence-electron chi connectivity index (χ4n) is 1.81. The van der Waals surface area contributed by atoms with E-state index in [2.05, 4.69) is 15.2 Å². The van der Waals surface area contributed by atoms with Crippen LogP contribution in [0.4, 0.5) is 4.39 Å². The predicted molar refractivity (Wildman–Crippen MR) is 82.8 cm³/mol.